The van der Waals surface area contributed by atoms with Gasteiger partial charge in [0.05, 0.1) is 11.7 Å². The van der Waals surface area contributed by atoms with E-state index in [0.717, 1.165) is 31.8 Å². The predicted octanol–water partition coefficient (Wildman–Crippen LogP) is 4.14. The minimum atomic E-state index is -0.396. The molecule has 6 heterocycles. The number of amidine groups is 1. The molecule has 0 radical (unpaired) electrons. The van der Waals surface area contributed by atoms with E-state index >= 15 is 0 Å². The van der Waals surface area contributed by atoms with Crippen molar-refractivity contribution in [3.63, 3.8) is 0 Å². The fourth-order valence-corrected chi connectivity index (χ4v) is 7.72. The highest BCUT2D eigenvalue weighted by molar-refractivity contribution is 6.24. The lowest BCUT2D eigenvalue weighted by Gasteiger charge is -2.49. The smallest absolute Gasteiger partial charge is 0.138 e. The van der Waals surface area contributed by atoms with Crippen molar-refractivity contribution in [1.29, 1.82) is 0 Å². The van der Waals surface area contributed by atoms with Gasteiger partial charge in [0.2, 0.25) is 0 Å². The summed E-state index contributed by atoms with van der Waals surface area (Å²) in [5, 5.41) is 0. The van der Waals surface area contributed by atoms with Gasteiger partial charge in [0, 0.05) is 37.4 Å². The van der Waals surface area contributed by atoms with Crippen molar-refractivity contribution < 1.29 is 0 Å². The second kappa shape index (κ2) is 8.35. The van der Waals surface area contributed by atoms with Gasteiger partial charge in [0.25, 0.3) is 0 Å². The molecule has 3 saturated heterocycles. The Labute approximate surface area is 209 Å². The third-order valence-electron chi connectivity index (χ3n) is 8.96. The number of likely N-dealkylation sites (tertiary alicyclic amines) is 2. The summed E-state index contributed by atoms with van der Waals surface area (Å²) in [6.45, 7) is 6.69. The van der Waals surface area contributed by atoms with Crippen molar-refractivity contribution in [2.75, 3.05) is 27.2 Å². The molecule has 2 bridgehead atoms. The number of hydrogen-bond donors (Lipinski definition) is 0. The molecular formula is C27H37ClN6. The molecule has 3 unspecified atom stereocenters. The van der Waals surface area contributed by atoms with Gasteiger partial charge in [-0.3, -0.25) is 19.8 Å². The van der Waals surface area contributed by atoms with E-state index in [1.165, 1.54) is 36.3 Å². The number of aromatic nitrogens is 1. The number of aliphatic imine (C=N–C) groups is 1. The van der Waals surface area contributed by atoms with Gasteiger partial charge in [0.15, 0.2) is 0 Å². The fraction of sp³-hybridized carbons (Fsp3) is 0.630. The number of piperidine rings is 1. The number of likely N-dealkylation sites (N-methyl/N-ethyl adjacent to an activating group) is 2. The third kappa shape index (κ3) is 3.36. The van der Waals surface area contributed by atoms with Gasteiger partial charge in [-0.1, -0.05) is 23.7 Å². The Morgan fingerprint density at radius 2 is 1.85 bits per heavy atom. The molecule has 0 aliphatic carbocycles. The molecule has 6 nitrogen and oxygen atoms in total. The zero-order valence-corrected chi connectivity index (χ0v) is 21.6. The lowest BCUT2D eigenvalue weighted by atomic mass is 9.82. The molecule has 6 atom stereocenters. The Balaban J connectivity index is 1.30. The minimum absolute atomic E-state index is 0.214. The van der Waals surface area contributed by atoms with Crippen molar-refractivity contribution in [2.24, 2.45) is 4.99 Å². The van der Waals surface area contributed by atoms with Crippen LogP contribution in [0.5, 0.6) is 0 Å². The Morgan fingerprint density at radius 3 is 2.59 bits per heavy atom. The molecule has 0 N–H and O–H groups in total. The van der Waals surface area contributed by atoms with Crippen LogP contribution >= 0.6 is 11.6 Å². The highest BCUT2D eigenvalue weighted by atomic mass is 35.5. The van der Waals surface area contributed by atoms with Gasteiger partial charge in [-0.25, -0.2) is 0 Å². The summed E-state index contributed by atoms with van der Waals surface area (Å²) >= 11 is 7.43. The van der Waals surface area contributed by atoms with E-state index < -0.39 is 5.54 Å². The second-order valence-electron chi connectivity index (χ2n) is 11.1. The molecule has 0 amide bonds. The van der Waals surface area contributed by atoms with Crippen LogP contribution in [0.15, 0.2) is 47.4 Å². The Morgan fingerprint density at radius 1 is 1.09 bits per heavy atom. The zero-order chi connectivity index (χ0) is 23.6. The average Bonchev–Trinajstić information content (AvgIpc) is 3.24. The van der Waals surface area contributed by atoms with Crippen molar-refractivity contribution in [3.8, 4) is 0 Å². The van der Waals surface area contributed by atoms with E-state index in [2.05, 4.69) is 71.8 Å². The van der Waals surface area contributed by atoms with Gasteiger partial charge in [0.1, 0.15) is 22.7 Å². The summed E-state index contributed by atoms with van der Waals surface area (Å²) in [5.74, 6) is 2.27. The number of piperazine rings is 1. The number of alkyl halides is 1. The SMILES string of the molecule is Cc1cccnc1[C@@H]1CCC[C@H]([C@]2(C)N=C3C=CC=C(N4C5CCC4CN(C)C5)N3C2Cl)N1C. The summed E-state index contributed by atoms with van der Waals surface area (Å²) in [4.78, 5) is 20.1. The van der Waals surface area contributed by atoms with E-state index in [-0.39, 0.29) is 11.5 Å². The molecule has 0 spiro atoms. The first-order chi connectivity index (χ1) is 16.4. The van der Waals surface area contributed by atoms with Crippen LogP contribution in [0.4, 0.5) is 0 Å². The van der Waals surface area contributed by atoms with Crippen LogP contribution in [-0.4, -0.2) is 86.8 Å². The molecule has 7 heteroatoms. The molecule has 34 heavy (non-hydrogen) atoms. The van der Waals surface area contributed by atoms with Crippen LogP contribution in [0.1, 0.15) is 56.3 Å². The maximum atomic E-state index is 7.43. The Kier molecular flexibility index (Phi) is 5.54. The van der Waals surface area contributed by atoms with E-state index in [1.807, 2.05) is 12.3 Å². The molecule has 1 aromatic rings. The van der Waals surface area contributed by atoms with Crippen LogP contribution in [0.3, 0.4) is 0 Å². The Bertz CT molecular complexity index is 1040. The largest absolute Gasteiger partial charge is 0.349 e. The molecule has 1 aromatic heterocycles. The lowest BCUT2D eigenvalue weighted by molar-refractivity contribution is 0.0475. The topological polar surface area (TPSA) is 38.2 Å². The Hall–Kier alpha value is -1.89. The summed E-state index contributed by atoms with van der Waals surface area (Å²) < 4.78 is 0. The van der Waals surface area contributed by atoms with Gasteiger partial charge < -0.3 is 9.80 Å². The molecule has 0 aromatic carbocycles. The van der Waals surface area contributed by atoms with Gasteiger partial charge in [-0.15, -0.1) is 0 Å². The van der Waals surface area contributed by atoms with E-state index in [0.29, 0.717) is 18.1 Å². The molecule has 3 fully saturated rings. The van der Waals surface area contributed by atoms with Crippen molar-refractivity contribution in [1.82, 2.24) is 24.6 Å². The summed E-state index contributed by atoms with van der Waals surface area (Å²) in [6, 6.07) is 5.89. The number of allylic oxidation sites excluding steroid dienone is 2. The highest BCUT2D eigenvalue weighted by Gasteiger charge is 2.55. The fourth-order valence-electron chi connectivity index (χ4n) is 7.32. The summed E-state index contributed by atoms with van der Waals surface area (Å²) in [7, 11) is 4.50. The van der Waals surface area contributed by atoms with E-state index in [9.17, 15) is 0 Å². The normalized spacial score (nSPS) is 38.2. The first kappa shape index (κ1) is 22.6. The van der Waals surface area contributed by atoms with Gasteiger partial charge in [-0.05, 0) is 83.8 Å². The standard InChI is InChI=1S/C27H37ClN6/c1-18-8-7-15-29-25(18)21-9-5-10-22(32(21)4)27(2)26(28)34-23(30-27)11-6-12-24(34)33-19-13-14-20(33)17-31(3)16-19/h6-8,11-12,15,19-22,26H,5,9-10,13-14,16-17H2,1-4H3/t19?,20?,21-,22+,26?,27-/m0/s1. The second-order valence-corrected chi connectivity index (χ2v) is 11.5. The number of fused-ring (bicyclic) bond motifs is 3. The number of nitrogens with zero attached hydrogens (tertiary/aromatic N) is 6. The molecule has 6 rings (SSSR count). The first-order valence-electron chi connectivity index (χ1n) is 12.9. The van der Waals surface area contributed by atoms with Crippen LogP contribution in [0, 0.1) is 6.92 Å². The van der Waals surface area contributed by atoms with Crippen molar-refractivity contribution in [3.05, 3.63) is 53.6 Å². The van der Waals surface area contributed by atoms with Crippen LogP contribution in [0.2, 0.25) is 0 Å². The van der Waals surface area contributed by atoms with Gasteiger partial charge >= 0.3 is 0 Å². The average molecular weight is 481 g/mol. The maximum Gasteiger partial charge on any atom is 0.138 e. The molecule has 5 aliphatic heterocycles. The van der Waals surface area contributed by atoms with E-state index in [1.54, 1.807) is 0 Å². The number of hydrogen-bond acceptors (Lipinski definition) is 6. The summed E-state index contributed by atoms with van der Waals surface area (Å²) in [6.07, 6.45) is 14.4. The third-order valence-corrected chi connectivity index (χ3v) is 9.59. The van der Waals surface area contributed by atoms with Crippen molar-refractivity contribution >= 4 is 17.4 Å². The maximum absolute atomic E-state index is 7.43. The first-order valence-corrected chi connectivity index (χ1v) is 13.3. The minimum Gasteiger partial charge on any atom is -0.349 e. The van der Waals surface area contributed by atoms with Crippen LogP contribution in [0.25, 0.3) is 0 Å². The monoisotopic (exact) mass is 480 g/mol. The quantitative estimate of drug-likeness (QED) is 0.480. The number of pyridine rings is 1. The molecular weight excluding hydrogens is 444 g/mol. The lowest BCUT2D eigenvalue weighted by Crippen LogP contribution is -2.59. The van der Waals surface area contributed by atoms with Gasteiger partial charge in [-0.2, -0.15) is 0 Å². The van der Waals surface area contributed by atoms with Crippen LogP contribution < -0.4 is 0 Å². The molecule has 0 saturated carbocycles. The number of rotatable bonds is 3. The summed E-state index contributed by atoms with van der Waals surface area (Å²) in [5.41, 5.74) is 1.85. The van der Waals surface area contributed by atoms with E-state index in [4.69, 9.17) is 21.6 Å². The molecule has 182 valence electrons. The zero-order valence-electron chi connectivity index (χ0n) is 20.9. The molecule has 5 aliphatic rings. The van der Waals surface area contributed by atoms with Crippen LogP contribution in [-0.2, 0) is 0 Å². The predicted molar refractivity (Wildman–Crippen MR) is 138 cm³/mol. The van der Waals surface area contributed by atoms with Crippen molar-refractivity contribution in [2.45, 2.75) is 81.2 Å². The number of aryl methyl sites for hydroxylation is 1. The number of halogens is 1. The highest BCUT2D eigenvalue weighted by Crippen LogP contribution is 2.47.